The van der Waals surface area contributed by atoms with Gasteiger partial charge in [0.25, 0.3) is 0 Å². The first kappa shape index (κ1) is 20.9. The molecule has 0 amide bonds. The maximum atomic E-state index is 13.9. The van der Waals surface area contributed by atoms with Crippen molar-refractivity contribution >= 4 is 0 Å². The van der Waals surface area contributed by atoms with Gasteiger partial charge in [0.15, 0.2) is 0 Å². The van der Waals surface area contributed by atoms with Crippen LogP contribution in [0.3, 0.4) is 0 Å². The lowest BCUT2D eigenvalue weighted by Crippen LogP contribution is -2.29. The van der Waals surface area contributed by atoms with Crippen LogP contribution in [0.4, 0.5) is 8.78 Å². The zero-order valence-corrected chi connectivity index (χ0v) is 16.9. The molecule has 0 spiro atoms. The maximum absolute atomic E-state index is 13.9. The van der Waals surface area contributed by atoms with Crippen LogP contribution in [0.25, 0.3) is 0 Å². The second-order valence-electron chi connectivity index (χ2n) is 8.03. The molecule has 2 aromatic rings. The molecule has 1 fully saturated rings. The molecule has 28 heavy (non-hydrogen) atoms. The van der Waals surface area contributed by atoms with Gasteiger partial charge in [0, 0.05) is 18.0 Å². The average Bonchev–Trinajstić information content (AvgIpc) is 3.17. The number of aryl methyl sites for hydroxylation is 2. The van der Waals surface area contributed by atoms with E-state index in [0.29, 0.717) is 6.61 Å². The first-order valence-corrected chi connectivity index (χ1v) is 10.3. The molecule has 2 aromatic carbocycles. The van der Waals surface area contributed by atoms with E-state index in [9.17, 15) is 8.78 Å². The Kier molecular flexibility index (Phi) is 7.57. The Hall–Kier alpha value is -1.78. The molecule has 3 rings (SSSR count). The lowest BCUT2D eigenvalue weighted by Gasteiger charge is -2.23. The molecule has 1 atom stereocenters. The van der Waals surface area contributed by atoms with Crippen LogP contribution in [0.15, 0.2) is 36.4 Å². The van der Waals surface area contributed by atoms with Crippen molar-refractivity contribution in [2.24, 2.45) is 5.92 Å². The smallest absolute Gasteiger partial charge is 0.131 e. The van der Waals surface area contributed by atoms with Gasteiger partial charge in [-0.1, -0.05) is 37.1 Å². The average molecular weight is 388 g/mol. The van der Waals surface area contributed by atoms with Gasteiger partial charge < -0.3 is 10.1 Å². The normalized spacial score (nSPS) is 15.9. The van der Waals surface area contributed by atoms with Crippen molar-refractivity contribution in [2.75, 3.05) is 19.7 Å². The van der Waals surface area contributed by atoms with Crippen LogP contribution >= 0.6 is 0 Å². The van der Waals surface area contributed by atoms with Crippen LogP contribution in [0.5, 0.6) is 0 Å². The number of ether oxygens (including phenoxy) is 1. The summed E-state index contributed by atoms with van der Waals surface area (Å²) in [6, 6.07) is 10.2. The fourth-order valence-electron chi connectivity index (χ4n) is 4.37. The second kappa shape index (κ2) is 10.1. The highest BCUT2D eigenvalue weighted by molar-refractivity contribution is 5.37. The minimum Gasteiger partial charge on any atom is -0.376 e. The molecular formula is C24H31F2NO. The van der Waals surface area contributed by atoms with Crippen LogP contribution in [0, 0.1) is 31.4 Å². The maximum Gasteiger partial charge on any atom is 0.131 e. The Labute approximate surface area is 167 Å². The van der Waals surface area contributed by atoms with E-state index in [-0.39, 0.29) is 18.1 Å². The van der Waals surface area contributed by atoms with Gasteiger partial charge in [-0.3, -0.25) is 0 Å². The molecular weight excluding hydrogens is 356 g/mol. The molecule has 1 N–H and O–H groups in total. The largest absolute Gasteiger partial charge is 0.376 e. The van der Waals surface area contributed by atoms with Crippen LogP contribution in [0.2, 0.25) is 0 Å². The Balaban J connectivity index is 1.65. The SMILES string of the molecule is Cc1cccc(C)c1C(CNCC1CCCC1)COCc1c(F)cccc1F. The molecule has 1 aliphatic rings. The van der Waals surface area contributed by atoms with Crippen LogP contribution in [-0.2, 0) is 11.3 Å². The van der Waals surface area contributed by atoms with Gasteiger partial charge in [-0.2, -0.15) is 0 Å². The van der Waals surface area contributed by atoms with E-state index >= 15 is 0 Å². The predicted molar refractivity (Wildman–Crippen MR) is 109 cm³/mol. The quantitative estimate of drug-likeness (QED) is 0.599. The summed E-state index contributed by atoms with van der Waals surface area (Å²) in [5.41, 5.74) is 3.73. The van der Waals surface area contributed by atoms with E-state index < -0.39 is 11.6 Å². The molecule has 2 nitrogen and oxygen atoms in total. The lowest BCUT2D eigenvalue weighted by molar-refractivity contribution is 0.101. The fraction of sp³-hybridized carbons (Fsp3) is 0.500. The summed E-state index contributed by atoms with van der Waals surface area (Å²) in [5.74, 6) is -0.185. The highest BCUT2D eigenvalue weighted by Crippen LogP contribution is 2.26. The van der Waals surface area contributed by atoms with Crippen LogP contribution in [0.1, 0.15) is 53.9 Å². The zero-order chi connectivity index (χ0) is 19.9. The first-order valence-electron chi connectivity index (χ1n) is 10.3. The van der Waals surface area contributed by atoms with Gasteiger partial charge in [-0.25, -0.2) is 8.78 Å². The highest BCUT2D eigenvalue weighted by Gasteiger charge is 2.19. The van der Waals surface area contributed by atoms with E-state index in [1.165, 1.54) is 60.6 Å². The molecule has 0 heterocycles. The molecule has 0 aromatic heterocycles. The van der Waals surface area contributed by atoms with Crippen molar-refractivity contribution in [3.05, 3.63) is 70.3 Å². The monoisotopic (exact) mass is 387 g/mol. The third kappa shape index (κ3) is 5.39. The van der Waals surface area contributed by atoms with Gasteiger partial charge >= 0.3 is 0 Å². The summed E-state index contributed by atoms with van der Waals surface area (Å²) in [6.07, 6.45) is 5.29. The number of rotatable bonds is 9. The van der Waals surface area contributed by atoms with Crippen molar-refractivity contribution in [3.63, 3.8) is 0 Å². The molecule has 4 heteroatoms. The van der Waals surface area contributed by atoms with Gasteiger partial charge in [0.05, 0.1) is 13.2 Å². The number of halogens is 2. The van der Waals surface area contributed by atoms with Gasteiger partial charge in [0.1, 0.15) is 11.6 Å². The number of benzene rings is 2. The van der Waals surface area contributed by atoms with E-state index in [4.69, 9.17) is 4.74 Å². The molecule has 0 aliphatic heterocycles. The van der Waals surface area contributed by atoms with E-state index in [1.807, 2.05) is 0 Å². The van der Waals surface area contributed by atoms with Crippen LogP contribution < -0.4 is 5.32 Å². The zero-order valence-electron chi connectivity index (χ0n) is 16.9. The summed E-state index contributed by atoms with van der Waals surface area (Å²) < 4.78 is 33.5. The van der Waals surface area contributed by atoms with Gasteiger partial charge in [0.2, 0.25) is 0 Å². The van der Waals surface area contributed by atoms with E-state index in [2.05, 4.69) is 37.4 Å². The summed E-state index contributed by atoms with van der Waals surface area (Å²) >= 11 is 0. The summed E-state index contributed by atoms with van der Waals surface area (Å²) in [4.78, 5) is 0. The summed E-state index contributed by atoms with van der Waals surface area (Å²) in [7, 11) is 0. The Morgan fingerprint density at radius 3 is 2.25 bits per heavy atom. The third-order valence-electron chi connectivity index (χ3n) is 5.88. The molecule has 0 bridgehead atoms. The van der Waals surface area contributed by atoms with Crippen LogP contribution in [-0.4, -0.2) is 19.7 Å². The van der Waals surface area contributed by atoms with Crippen molar-refractivity contribution in [1.29, 1.82) is 0 Å². The van der Waals surface area contributed by atoms with Crippen molar-refractivity contribution in [1.82, 2.24) is 5.32 Å². The summed E-state index contributed by atoms with van der Waals surface area (Å²) in [6.45, 7) is 6.44. The molecule has 1 unspecified atom stereocenters. The minimum atomic E-state index is -0.553. The fourth-order valence-corrected chi connectivity index (χ4v) is 4.37. The highest BCUT2D eigenvalue weighted by atomic mass is 19.1. The minimum absolute atomic E-state index is 0.00155. The summed E-state index contributed by atoms with van der Waals surface area (Å²) in [5, 5.41) is 3.62. The van der Waals surface area contributed by atoms with Crippen molar-refractivity contribution in [3.8, 4) is 0 Å². The third-order valence-corrected chi connectivity index (χ3v) is 5.88. The predicted octanol–water partition coefficient (Wildman–Crippen LogP) is 5.66. The topological polar surface area (TPSA) is 21.3 Å². The number of nitrogens with one attached hydrogen (secondary N) is 1. The standard InChI is InChI=1S/C24H31F2NO/c1-17-7-5-8-18(2)24(17)20(14-27-13-19-9-3-4-10-19)15-28-16-21-22(25)11-6-12-23(21)26/h5-8,11-12,19-20,27H,3-4,9-10,13-16H2,1-2H3. The van der Waals surface area contributed by atoms with Gasteiger partial charge in [-0.05, 0) is 68.0 Å². The molecule has 1 aliphatic carbocycles. The Morgan fingerprint density at radius 1 is 1.00 bits per heavy atom. The molecule has 1 saturated carbocycles. The molecule has 0 radical (unpaired) electrons. The number of hydrogen-bond acceptors (Lipinski definition) is 2. The van der Waals surface area contributed by atoms with Gasteiger partial charge in [-0.15, -0.1) is 0 Å². The van der Waals surface area contributed by atoms with E-state index in [0.717, 1.165) is 19.0 Å². The first-order chi connectivity index (χ1) is 13.6. The molecule has 0 saturated heterocycles. The van der Waals surface area contributed by atoms with Crippen molar-refractivity contribution in [2.45, 2.75) is 52.1 Å². The second-order valence-corrected chi connectivity index (χ2v) is 8.03. The Bertz CT molecular complexity index is 731. The Morgan fingerprint density at radius 2 is 1.61 bits per heavy atom. The van der Waals surface area contributed by atoms with Crippen molar-refractivity contribution < 1.29 is 13.5 Å². The number of hydrogen-bond donors (Lipinski definition) is 1. The van der Waals surface area contributed by atoms with E-state index in [1.54, 1.807) is 0 Å². The lowest BCUT2D eigenvalue weighted by atomic mass is 9.91. The molecule has 152 valence electrons.